The van der Waals surface area contributed by atoms with E-state index in [9.17, 15) is 0 Å². The van der Waals surface area contributed by atoms with Gasteiger partial charge >= 0.3 is 0 Å². The van der Waals surface area contributed by atoms with Crippen LogP contribution in [0.3, 0.4) is 0 Å². The van der Waals surface area contributed by atoms with Crippen LogP contribution in [0.2, 0.25) is 0 Å². The fraction of sp³-hybridized carbons (Fsp3) is 0.0588. The number of para-hydroxylation sites is 3. The van der Waals surface area contributed by atoms with E-state index in [1.54, 1.807) is 0 Å². The van der Waals surface area contributed by atoms with E-state index in [2.05, 4.69) is 145 Å². The van der Waals surface area contributed by atoms with Crippen molar-refractivity contribution in [1.82, 2.24) is 54.0 Å². The average Bonchev–Trinajstić information content (AvgIpc) is 4.12. The quantitative estimate of drug-likeness (QED) is 0.130. The lowest BCUT2D eigenvalue weighted by atomic mass is 9.92. The van der Waals surface area contributed by atoms with Gasteiger partial charge in [-0.25, -0.2) is 49.7 Å². The Hall–Kier alpha value is -10.9. The zero-order chi connectivity index (χ0) is 54.0. The molecule has 0 amide bonds. The molecule has 0 saturated carbocycles. The van der Waals surface area contributed by atoms with Crippen molar-refractivity contribution >= 4 is 49.3 Å². The third-order valence-corrected chi connectivity index (χ3v) is 14.6. The first-order valence-corrected chi connectivity index (χ1v) is 26.3. The van der Waals surface area contributed by atoms with Crippen molar-refractivity contribution in [3.63, 3.8) is 0 Å². The van der Waals surface area contributed by atoms with Gasteiger partial charge in [0, 0.05) is 60.6 Å². The maximum absolute atomic E-state index is 8.31. The minimum Gasteiger partial charge on any atom is -0.309 e. The number of hydrogen-bond acceptors (Lipinski definition) is 9. The van der Waals surface area contributed by atoms with Crippen LogP contribution in [0.5, 0.6) is 0 Å². The van der Waals surface area contributed by atoms with Gasteiger partial charge in [0.2, 0.25) is 0 Å². The van der Waals surface area contributed by atoms with E-state index in [1.165, 1.54) is 0 Å². The van der Waals surface area contributed by atoms with Crippen LogP contribution >= 0.6 is 0 Å². The molecule has 0 aliphatic carbocycles. The Morgan fingerprint density at radius 1 is 0.300 bits per heavy atom. The Bertz CT molecular complexity index is 4740. The molecule has 0 bridgehead atoms. The van der Waals surface area contributed by atoms with E-state index in [1.807, 2.05) is 113 Å². The van der Waals surface area contributed by atoms with Gasteiger partial charge in [-0.3, -0.25) is 0 Å². The van der Waals surface area contributed by atoms with Crippen LogP contribution < -0.4 is 0 Å². The molecule has 0 spiro atoms. The summed E-state index contributed by atoms with van der Waals surface area (Å²) in [7, 11) is 0. The summed E-state index contributed by atoms with van der Waals surface area (Å²) < 4.78 is 4.67. The van der Waals surface area contributed by atoms with Crippen LogP contribution in [0.1, 0.15) is 23.3 Å². The number of nitrogens with zero attached hydrogens (tertiary/aromatic N) is 12. The fourth-order valence-corrected chi connectivity index (χ4v) is 11.2. The first kappa shape index (κ1) is 47.5. The lowest BCUT2D eigenvalue weighted by molar-refractivity contribution is 0.928. The molecule has 0 radical (unpaired) electrons. The zero-order valence-corrected chi connectivity index (χ0v) is 44.0. The average molecular weight is 1030 g/mol. The van der Waals surface area contributed by atoms with Crippen molar-refractivity contribution in [3.8, 4) is 90.6 Å². The van der Waals surface area contributed by atoms with E-state index >= 15 is 0 Å². The minimum absolute atomic E-state index is 0.502. The molecule has 0 atom stereocenters. The minimum atomic E-state index is 0.502. The zero-order valence-electron chi connectivity index (χ0n) is 44.0. The smallest absolute Gasteiger partial charge is 0.194 e. The highest BCUT2D eigenvalue weighted by Gasteiger charge is 2.24. The number of aromatic nitrogens is 11. The van der Waals surface area contributed by atoms with Gasteiger partial charge in [0.1, 0.15) is 23.3 Å². The second-order valence-corrected chi connectivity index (χ2v) is 19.8. The summed E-state index contributed by atoms with van der Waals surface area (Å²) in [5, 5.41) is 4.25. The van der Waals surface area contributed by atoms with Crippen molar-refractivity contribution in [2.45, 2.75) is 27.7 Å². The lowest BCUT2D eigenvalue weighted by Crippen LogP contribution is -2.04. The summed E-state index contributed by atoms with van der Waals surface area (Å²) in [5.41, 5.74) is 14.2. The van der Waals surface area contributed by atoms with E-state index in [4.69, 9.17) is 41.5 Å². The van der Waals surface area contributed by atoms with Crippen LogP contribution in [-0.4, -0.2) is 54.0 Å². The van der Waals surface area contributed by atoms with Crippen molar-refractivity contribution in [2.24, 2.45) is 0 Å². The Labute approximate surface area is 460 Å². The van der Waals surface area contributed by atoms with Crippen molar-refractivity contribution < 1.29 is 0 Å². The Balaban J connectivity index is 1.09. The van der Waals surface area contributed by atoms with Crippen molar-refractivity contribution in [2.75, 3.05) is 0 Å². The maximum atomic E-state index is 8.31. The molecular formula is C68H46N12. The highest BCUT2D eigenvalue weighted by atomic mass is 15.1. The molecule has 0 aliphatic heterocycles. The van der Waals surface area contributed by atoms with Gasteiger partial charge < -0.3 is 9.13 Å². The van der Waals surface area contributed by atoms with Gasteiger partial charge in [-0.1, -0.05) is 127 Å². The first-order valence-electron chi connectivity index (χ1n) is 26.3. The molecule has 0 unspecified atom stereocenters. The lowest BCUT2D eigenvalue weighted by Gasteiger charge is -2.20. The van der Waals surface area contributed by atoms with Crippen LogP contribution in [0.4, 0.5) is 5.69 Å². The topological polar surface area (TPSA) is 130 Å². The number of aryl methyl sites for hydroxylation is 4. The van der Waals surface area contributed by atoms with Crippen LogP contribution in [0.25, 0.3) is 139 Å². The molecule has 0 aliphatic rings. The predicted molar refractivity (Wildman–Crippen MR) is 319 cm³/mol. The molecule has 5 heterocycles. The molecule has 0 saturated heterocycles. The molecular weight excluding hydrogens is 985 g/mol. The fourth-order valence-electron chi connectivity index (χ4n) is 11.2. The van der Waals surface area contributed by atoms with Gasteiger partial charge in [0.25, 0.3) is 0 Å². The molecule has 14 rings (SSSR count). The van der Waals surface area contributed by atoms with Gasteiger partial charge in [-0.05, 0) is 123 Å². The summed E-state index contributed by atoms with van der Waals surface area (Å²) in [6.07, 6.45) is 0. The summed E-state index contributed by atoms with van der Waals surface area (Å²) in [6.45, 7) is 15.9. The molecule has 9 aromatic carbocycles. The summed E-state index contributed by atoms with van der Waals surface area (Å²) in [5.74, 6) is 5.52. The largest absolute Gasteiger partial charge is 0.309 e. The Morgan fingerprint density at radius 3 is 1.34 bits per heavy atom. The van der Waals surface area contributed by atoms with Crippen molar-refractivity contribution in [1.29, 1.82) is 0 Å². The number of benzene rings is 9. The highest BCUT2D eigenvalue weighted by molar-refractivity contribution is 6.12. The monoisotopic (exact) mass is 1030 g/mol. The summed E-state index contributed by atoms with van der Waals surface area (Å²) in [4.78, 5) is 47.9. The maximum Gasteiger partial charge on any atom is 0.194 e. The molecule has 12 nitrogen and oxygen atoms in total. The molecule has 0 fully saturated rings. The van der Waals surface area contributed by atoms with E-state index < -0.39 is 0 Å². The Kier molecular flexibility index (Phi) is 11.5. The standard InChI is InChI=1S/C68H46N12/c1-40-70-41(2)73-66(72-40)47-29-34-61-55(37-47)51-23-13-16-26-59(51)79(61)49-31-32-53(68-77-64(44-18-8-6-9-19-44)76-65(78-68)45-20-10-7-11-21-45)54(39-49)57-36-46(50-22-12-15-25-58(50)69-5)28-33-63(57)80-60-27-17-14-24-52(60)56-38-48(30-35-62(56)80)67-74-42(3)71-43(4)75-67/h6-39H,1-4H3. The molecule has 0 N–H and O–H groups in total. The van der Waals surface area contributed by atoms with Gasteiger partial charge in [-0.2, -0.15) is 0 Å². The third-order valence-electron chi connectivity index (χ3n) is 14.6. The molecule has 14 aromatic rings. The van der Waals surface area contributed by atoms with Crippen molar-refractivity contribution in [3.05, 3.63) is 241 Å². The van der Waals surface area contributed by atoms with Crippen LogP contribution in [-0.2, 0) is 0 Å². The van der Waals surface area contributed by atoms with Gasteiger partial charge in [-0.15, -0.1) is 0 Å². The second kappa shape index (κ2) is 19.3. The Morgan fingerprint density at radius 2 is 0.762 bits per heavy atom. The normalized spacial score (nSPS) is 11.5. The number of rotatable bonds is 9. The molecule has 5 aromatic heterocycles. The van der Waals surface area contributed by atoms with E-state index in [0.29, 0.717) is 58.1 Å². The third kappa shape index (κ3) is 8.29. The first-order chi connectivity index (χ1) is 39.2. The molecule has 378 valence electrons. The highest BCUT2D eigenvalue weighted by Crippen LogP contribution is 2.45. The summed E-state index contributed by atoms with van der Waals surface area (Å²) in [6, 6.07) is 70.9. The molecule has 12 heteroatoms. The number of fused-ring (bicyclic) bond motifs is 6. The van der Waals surface area contributed by atoms with E-state index in [-0.39, 0.29) is 0 Å². The van der Waals surface area contributed by atoms with Gasteiger partial charge in [0.15, 0.2) is 34.8 Å². The predicted octanol–water partition coefficient (Wildman–Crippen LogP) is 15.9. The van der Waals surface area contributed by atoms with E-state index in [0.717, 1.165) is 105 Å². The summed E-state index contributed by atoms with van der Waals surface area (Å²) >= 11 is 0. The SMILES string of the molecule is [C-]#[N+]c1ccccc1-c1ccc(-n2c3ccccc3c3cc(-c4nc(C)nc(C)n4)ccc32)c(-c2cc(-n3c4ccccc4c4cc(-c5nc(C)nc(C)n5)ccc43)ccc2-c2nc(-c3ccccc3)nc(-c3ccccc3)n2)c1. The molecule has 80 heavy (non-hydrogen) atoms. The van der Waals surface area contributed by atoms with Gasteiger partial charge in [0.05, 0.1) is 34.3 Å². The number of hydrogen-bond donors (Lipinski definition) is 0. The van der Waals surface area contributed by atoms with Crippen LogP contribution in [0.15, 0.2) is 206 Å². The van der Waals surface area contributed by atoms with Crippen LogP contribution in [0, 0.1) is 34.3 Å². The second-order valence-electron chi connectivity index (χ2n) is 19.8.